The highest BCUT2D eigenvalue weighted by Gasteiger charge is 2.20. The van der Waals surface area contributed by atoms with E-state index in [1.165, 1.54) is 5.69 Å². The van der Waals surface area contributed by atoms with Crippen LogP contribution in [0.3, 0.4) is 0 Å². The smallest absolute Gasteiger partial charge is 0.239 e. The fraction of sp³-hybridized carbons (Fsp3) is 0.286. The Labute approximate surface area is 128 Å². The molecule has 7 heteroatoms. The summed E-state index contributed by atoms with van der Waals surface area (Å²) in [5, 5.41) is 0.544. The van der Waals surface area contributed by atoms with Crippen molar-refractivity contribution in [3.63, 3.8) is 0 Å². The van der Waals surface area contributed by atoms with Crippen LogP contribution in [-0.2, 0) is 0 Å². The summed E-state index contributed by atoms with van der Waals surface area (Å²) in [5.41, 5.74) is 3.70. The Bertz CT molecular complexity index is 598. The van der Waals surface area contributed by atoms with Gasteiger partial charge in [-0.15, -0.1) is 0 Å². The second-order valence-electron chi connectivity index (χ2n) is 4.82. The lowest BCUT2D eigenvalue weighted by atomic mass is 10.2. The van der Waals surface area contributed by atoms with Crippen LogP contribution in [-0.4, -0.2) is 36.1 Å². The van der Waals surface area contributed by atoms with Gasteiger partial charge in [0.1, 0.15) is 5.02 Å². The molecule has 0 spiro atoms. The number of para-hydroxylation sites is 1. The van der Waals surface area contributed by atoms with E-state index in [4.69, 9.17) is 17.4 Å². The van der Waals surface area contributed by atoms with E-state index < -0.39 is 0 Å². The number of hydrogen-bond acceptors (Lipinski definition) is 6. The van der Waals surface area contributed by atoms with Gasteiger partial charge in [0.05, 0.1) is 6.20 Å². The number of nitrogens with one attached hydrogen (secondary N) is 1. The highest BCUT2D eigenvalue weighted by molar-refractivity contribution is 6.32. The van der Waals surface area contributed by atoms with Crippen molar-refractivity contribution in [3.05, 3.63) is 41.6 Å². The minimum atomic E-state index is 0.375. The number of piperazine rings is 1. The Balaban J connectivity index is 1.71. The van der Waals surface area contributed by atoms with E-state index in [0.29, 0.717) is 11.0 Å². The van der Waals surface area contributed by atoms with Crippen molar-refractivity contribution < 1.29 is 0 Å². The number of rotatable bonds is 3. The minimum absolute atomic E-state index is 0.375. The lowest BCUT2D eigenvalue weighted by Crippen LogP contribution is -2.47. The molecule has 0 bridgehead atoms. The molecule has 0 aliphatic carbocycles. The molecule has 1 aliphatic rings. The Morgan fingerprint density at radius 2 is 1.71 bits per heavy atom. The van der Waals surface area contributed by atoms with Crippen molar-refractivity contribution in [1.29, 1.82) is 0 Å². The molecule has 3 rings (SSSR count). The van der Waals surface area contributed by atoms with E-state index in [1.54, 1.807) is 6.20 Å². The Kier molecular flexibility index (Phi) is 4.08. The van der Waals surface area contributed by atoms with Gasteiger partial charge in [-0.05, 0) is 12.1 Å². The topological polar surface area (TPSA) is 70.3 Å². The lowest BCUT2D eigenvalue weighted by molar-refractivity contribution is 0.647. The number of nitrogens with zero attached hydrogens (tertiary/aromatic N) is 4. The number of hydrogen-bond donors (Lipinski definition) is 2. The zero-order chi connectivity index (χ0) is 14.7. The van der Waals surface area contributed by atoms with Crippen LogP contribution >= 0.6 is 11.6 Å². The van der Waals surface area contributed by atoms with Crippen molar-refractivity contribution in [3.8, 4) is 0 Å². The summed E-state index contributed by atoms with van der Waals surface area (Å²) in [5.74, 6) is 6.46. The molecule has 0 radical (unpaired) electrons. The van der Waals surface area contributed by atoms with Gasteiger partial charge < -0.3 is 9.80 Å². The average molecular weight is 305 g/mol. The minimum Gasteiger partial charge on any atom is -0.368 e. The Morgan fingerprint density at radius 1 is 1.05 bits per heavy atom. The van der Waals surface area contributed by atoms with Crippen LogP contribution in [0.5, 0.6) is 0 Å². The molecule has 0 saturated carbocycles. The summed E-state index contributed by atoms with van der Waals surface area (Å²) in [6, 6.07) is 10.4. The molecule has 110 valence electrons. The second kappa shape index (κ2) is 6.15. The molecule has 0 unspecified atom stereocenters. The first kappa shape index (κ1) is 13.9. The van der Waals surface area contributed by atoms with Crippen molar-refractivity contribution in [2.45, 2.75) is 0 Å². The fourth-order valence-corrected chi connectivity index (χ4v) is 2.68. The van der Waals surface area contributed by atoms with Gasteiger partial charge in [0.15, 0.2) is 5.82 Å². The summed E-state index contributed by atoms with van der Waals surface area (Å²) in [7, 11) is 0. The van der Waals surface area contributed by atoms with Crippen molar-refractivity contribution in [2.75, 3.05) is 41.4 Å². The third-order valence-corrected chi connectivity index (χ3v) is 3.82. The molecular formula is C14H17ClN6. The maximum Gasteiger partial charge on any atom is 0.239 e. The van der Waals surface area contributed by atoms with Crippen LogP contribution in [0, 0.1) is 0 Å². The molecule has 0 amide bonds. The van der Waals surface area contributed by atoms with E-state index in [9.17, 15) is 0 Å². The largest absolute Gasteiger partial charge is 0.368 e. The maximum atomic E-state index is 6.19. The van der Waals surface area contributed by atoms with Gasteiger partial charge in [-0.25, -0.2) is 10.8 Å². The molecule has 0 atom stereocenters. The quantitative estimate of drug-likeness (QED) is 0.665. The molecule has 2 heterocycles. The predicted molar refractivity (Wildman–Crippen MR) is 85.7 cm³/mol. The number of hydrazine groups is 1. The zero-order valence-corrected chi connectivity index (χ0v) is 12.3. The molecule has 1 aromatic heterocycles. The van der Waals surface area contributed by atoms with Gasteiger partial charge >= 0.3 is 0 Å². The lowest BCUT2D eigenvalue weighted by Gasteiger charge is -2.37. The Hall–Kier alpha value is -2.05. The molecule has 6 nitrogen and oxygen atoms in total. The number of anilines is 3. The number of halogens is 1. The van der Waals surface area contributed by atoms with Crippen LogP contribution < -0.4 is 21.1 Å². The van der Waals surface area contributed by atoms with Gasteiger partial charge in [-0.2, -0.15) is 4.98 Å². The van der Waals surface area contributed by atoms with E-state index in [0.717, 1.165) is 32.0 Å². The van der Waals surface area contributed by atoms with Crippen LogP contribution in [0.2, 0.25) is 5.02 Å². The maximum absolute atomic E-state index is 6.19. The third kappa shape index (κ3) is 3.01. The summed E-state index contributed by atoms with van der Waals surface area (Å²) in [4.78, 5) is 12.9. The van der Waals surface area contributed by atoms with Gasteiger partial charge in [0.25, 0.3) is 0 Å². The van der Waals surface area contributed by atoms with Crippen LogP contribution in [0.4, 0.5) is 17.5 Å². The predicted octanol–water partition coefficient (Wildman–Crippen LogP) is 1.74. The van der Waals surface area contributed by atoms with Crippen LogP contribution in [0.1, 0.15) is 0 Å². The monoisotopic (exact) mass is 304 g/mol. The SMILES string of the molecule is NNc1ncc(Cl)c(N2CCN(c3ccccc3)CC2)n1. The zero-order valence-electron chi connectivity index (χ0n) is 11.5. The molecular weight excluding hydrogens is 288 g/mol. The second-order valence-corrected chi connectivity index (χ2v) is 5.23. The first-order chi connectivity index (χ1) is 10.3. The highest BCUT2D eigenvalue weighted by Crippen LogP contribution is 2.25. The first-order valence-electron chi connectivity index (χ1n) is 6.82. The van der Waals surface area contributed by atoms with E-state index >= 15 is 0 Å². The van der Waals surface area contributed by atoms with Crippen molar-refractivity contribution >= 4 is 29.1 Å². The van der Waals surface area contributed by atoms with Crippen LogP contribution in [0.15, 0.2) is 36.5 Å². The summed E-state index contributed by atoms with van der Waals surface area (Å²) >= 11 is 6.19. The number of benzene rings is 1. The molecule has 1 fully saturated rings. The van der Waals surface area contributed by atoms with E-state index in [2.05, 4.69) is 49.5 Å². The average Bonchev–Trinajstić information content (AvgIpc) is 2.56. The number of aromatic nitrogens is 2. The van der Waals surface area contributed by atoms with Gasteiger partial charge in [0.2, 0.25) is 5.95 Å². The van der Waals surface area contributed by atoms with Gasteiger partial charge in [-0.3, -0.25) is 5.43 Å². The molecule has 1 saturated heterocycles. The van der Waals surface area contributed by atoms with E-state index in [1.807, 2.05) is 6.07 Å². The summed E-state index contributed by atoms with van der Waals surface area (Å²) in [6.07, 6.45) is 1.57. The first-order valence-corrected chi connectivity index (χ1v) is 7.20. The summed E-state index contributed by atoms with van der Waals surface area (Å²) in [6.45, 7) is 3.57. The fourth-order valence-electron chi connectivity index (χ4n) is 2.46. The van der Waals surface area contributed by atoms with Gasteiger partial charge in [-0.1, -0.05) is 29.8 Å². The number of nitrogen functional groups attached to an aromatic ring is 1. The number of nitrogens with two attached hydrogens (primary N) is 1. The molecule has 3 N–H and O–H groups in total. The standard InChI is InChI=1S/C14H17ClN6/c15-12-10-17-14(19-16)18-13(12)21-8-6-20(7-9-21)11-4-2-1-3-5-11/h1-5,10H,6-9,16H2,(H,17,18,19). The normalized spacial score (nSPS) is 15.1. The summed E-state index contributed by atoms with van der Waals surface area (Å²) < 4.78 is 0. The molecule has 2 aromatic rings. The van der Waals surface area contributed by atoms with Gasteiger partial charge in [0, 0.05) is 31.9 Å². The Morgan fingerprint density at radius 3 is 2.38 bits per heavy atom. The van der Waals surface area contributed by atoms with Crippen molar-refractivity contribution in [2.24, 2.45) is 5.84 Å². The molecule has 21 heavy (non-hydrogen) atoms. The molecule has 1 aromatic carbocycles. The highest BCUT2D eigenvalue weighted by atomic mass is 35.5. The van der Waals surface area contributed by atoms with Crippen LogP contribution in [0.25, 0.3) is 0 Å². The van der Waals surface area contributed by atoms with E-state index in [-0.39, 0.29) is 0 Å². The molecule has 1 aliphatic heterocycles. The third-order valence-electron chi connectivity index (χ3n) is 3.56. The van der Waals surface area contributed by atoms with Crippen molar-refractivity contribution in [1.82, 2.24) is 9.97 Å².